The number of ether oxygens (including phenoxy) is 2. The van der Waals surface area contributed by atoms with E-state index in [0.717, 1.165) is 15.7 Å². The van der Waals surface area contributed by atoms with Crippen LogP contribution in [0.3, 0.4) is 0 Å². The van der Waals surface area contributed by atoms with Crippen molar-refractivity contribution in [2.75, 3.05) is 13.2 Å². The van der Waals surface area contributed by atoms with Crippen molar-refractivity contribution in [3.63, 3.8) is 0 Å². The van der Waals surface area contributed by atoms with Gasteiger partial charge in [0, 0.05) is 16.9 Å². The number of fused-ring (bicyclic) bond motifs is 1. The van der Waals surface area contributed by atoms with Gasteiger partial charge < -0.3 is 9.47 Å². The molecule has 3 rings (SSSR count). The minimum absolute atomic E-state index is 0.170. The SMILES string of the molecule is O=C(OCCOc1cccc(Br)c1)c1ccc2nccnc2c1. The van der Waals surface area contributed by atoms with Gasteiger partial charge in [-0.05, 0) is 36.4 Å². The third-order valence-electron chi connectivity index (χ3n) is 3.09. The van der Waals surface area contributed by atoms with Gasteiger partial charge in [-0.25, -0.2) is 4.79 Å². The Balaban J connectivity index is 1.54. The zero-order valence-electron chi connectivity index (χ0n) is 12.1. The van der Waals surface area contributed by atoms with Crippen molar-refractivity contribution in [3.8, 4) is 5.75 Å². The lowest BCUT2D eigenvalue weighted by Gasteiger charge is -2.08. The number of rotatable bonds is 5. The molecule has 0 saturated heterocycles. The third-order valence-corrected chi connectivity index (χ3v) is 3.58. The second-order valence-corrected chi connectivity index (χ2v) is 5.62. The molecule has 0 bridgehead atoms. The highest BCUT2D eigenvalue weighted by Gasteiger charge is 2.08. The van der Waals surface area contributed by atoms with E-state index >= 15 is 0 Å². The first kappa shape index (κ1) is 15.4. The third kappa shape index (κ3) is 4.04. The minimum atomic E-state index is -0.407. The van der Waals surface area contributed by atoms with Gasteiger partial charge in [0.1, 0.15) is 19.0 Å². The number of hydrogen-bond acceptors (Lipinski definition) is 5. The summed E-state index contributed by atoms with van der Waals surface area (Å²) < 4.78 is 11.7. The van der Waals surface area contributed by atoms with E-state index < -0.39 is 5.97 Å². The fraction of sp³-hybridized carbons (Fsp3) is 0.118. The van der Waals surface area contributed by atoms with Crippen LogP contribution in [0.15, 0.2) is 59.3 Å². The zero-order chi connectivity index (χ0) is 16.1. The molecule has 0 amide bonds. The van der Waals surface area contributed by atoms with Crippen LogP contribution < -0.4 is 4.74 Å². The normalized spacial score (nSPS) is 10.5. The lowest BCUT2D eigenvalue weighted by atomic mass is 10.2. The first-order valence-electron chi connectivity index (χ1n) is 6.99. The summed E-state index contributed by atoms with van der Waals surface area (Å²) in [5.41, 5.74) is 1.84. The molecule has 1 aromatic heterocycles. The van der Waals surface area contributed by atoms with Gasteiger partial charge in [0.2, 0.25) is 0 Å². The highest BCUT2D eigenvalue weighted by Crippen LogP contribution is 2.17. The van der Waals surface area contributed by atoms with Crippen molar-refractivity contribution < 1.29 is 14.3 Å². The van der Waals surface area contributed by atoms with E-state index in [1.807, 2.05) is 24.3 Å². The highest BCUT2D eigenvalue weighted by atomic mass is 79.9. The van der Waals surface area contributed by atoms with Crippen molar-refractivity contribution in [2.45, 2.75) is 0 Å². The van der Waals surface area contributed by atoms with Gasteiger partial charge in [0.05, 0.1) is 16.6 Å². The molecule has 6 heteroatoms. The van der Waals surface area contributed by atoms with Crippen LogP contribution in [0.4, 0.5) is 0 Å². The maximum absolute atomic E-state index is 12.0. The molecule has 0 N–H and O–H groups in total. The second-order valence-electron chi connectivity index (χ2n) is 4.70. The number of carbonyl (C=O) groups excluding carboxylic acids is 1. The fourth-order valence-electron chi connectivity index (χ4n) is 2.02. The predicted molar refractivity (Wildman–Crippen MR) is 89.5 cm³/mol. The van der Waals surface area contributed by atoms with E-state index in [-0.39, 0.29) is 13.2 Å². The first-order chi connectivity index (χ1) is 11.2. The molecule has 0 saturated carbocycles. The van der Waals surface area contributed by atoms with Crippen LogP contribution in [-0.4, -0.2) is 29.2 Å². The molecule has 0 aliphatic carbocycles. The van der Waals surface area contributed by atoms with Crippen LogP contribution in [0.2, 0.25) is 0 Å². The molecule has 0 aliphatic rings. The zero-order valence-corrected chi connectivity index (χ0v) is 13.7. The quantitative estimate of drug-likeness (QED) is 0.505. The molecule has 0 unspecified atom stereocenters. The summed E-state index contributed by atoms with van der Waals surface area (Å²) in [7, 11) is 0. The fourth-order valence-corrected chi connectivity index (χ4v) is 2.40. The van der Waals surface area contributed by atoms with Crippen LogP contribution in [0.1, 0.15) is 10.4 Å². The van der Waals surface area contributed by atoms with E-state index in [9.17, 15) is 4.79 Å². The molecular formula is C17H13BrN2O3. The second kappa shape index (κ2) is 7.19. The first-order valence-corrected chi connectivity index (χ1v) is 7.78. The molecular weight excluding hydrogens is 360 g/mol. The highest BCUT2D eigenvalue weighted by molar-refractivity contribution is 9.10. The average molecular weight is 373 g/mol. The van der Waals surface area contributed by atoms with E-state index in [1.165, 1.54) is 0 Å². The molecule has 0 spiro atoms. The van der Waals surface area contributed by atoms with Crippen molar-refractivity contribution >= 4 is 32.9 Å². The Morgan fingerprint density at radius 3 is 2.65 bits per heavy atom. The summed E-state index contributed by atoms with van der Waals surface area (Å²) in [6.45, 7) is 0.458. The summed E-state index contributed by atoms with van der Waals surface area (Å²) in [4.78, 5) is 20.3. The topological polar surface area (TPSA) is 61.3 Å². The van der Waals surface area contributed by atoms with E-state index in [4.69, 9.17) is 9.47 Å². The molecule has 0 aliphatic heterocycles. The van der Waals surface area contributed by atoms with Crippen LogP contribution in [0, 0.1) is 0 Å². The molecule has 116 valence electrons. The Morgan fingerprint density at radius 1 is 1.00 bits per heavy atom. The summed E-state index contributed by atoms with van der Waals surface area (Å²) in [6, 6.07) is 12.6. The number of benzene rings is 2. The van der Waals surface area contributed by atoms with Gasteiger partial charge in [0.15, 0.2) is 0 Å². The van der Waals surface area contributed by atoms with Gasteiger partial charge in [-0.3, -0.25) is 9.97 Å². The molecule has 0 radical (unpaired) electrons. The summed E-state index contributed by atoms with van der Waals surface area (Å²) >= 11 is 3.37. The molecule has 1 heterocycles. The number of halogens is 1. The molecule has 23 heavy (non-hydrogen) atoms. The Morgan fingerprint density at radius 2 is 1.83 bits per heavy atom. The lowest BCUT2D eigenvalue weighted by molar-refractivity contribution is 0.0450. The van der Waals surface area contributed by atoms with Crippen molar-refractivity contribution in [3.05, 3.63) is 64.9 Å². The number of carbonyl (C=O) groups is 1. The van der Waals surface area contributed by atoms with Crippen molar-refractivity contribution in [2.24, 2.45) is 0 Å². The predicted octanol–water partition coefficient (Wildman–Crippen LogP) is 3.63. The van der Waals surface area contributed by atoms with E-state index in [2.05, 4.69) is 25.9 Å². The van der Waals surface area contributed by atoms with Gasteiger partial charge in [0.25, 0.3) is 0 Å². The maximum atomic E-state index is 12.0. The monoisotopic (exact) mass is 372 g/mol. The number of esters is 1. The molecule has 2 aromatic carbocycles. The van der Waals surface area contributed by atoms with E-state index in [0.29, 0.717) is 11.1 Å². The Labute approximate surface area is 141 Å². The molecule has 5 nitrogen and oxygen atoms in total. The Hall–Kier alpha value is -2.47. The van der Waals surface area contributed by atoms with Gasteiger partial charge in [-0.1, -0.05) is 22.0 Å². The minimum Gasteiger partial charge on any atom is -0.490 e. The summed E-state index contributed by atoms with van der Waals surface area (Å²) in [5.74, 6) is 0.312. The summed E-state index contributed by atoms with van der Waals surface area (Å²) in [5, 5.41) is 0. The van der Waals surface area contributed by atoms with Gasteiger partial charge in [-0.15, -0.1) is 0 Å². The largest absolute Gasteiger partial charge is 0.490 e. The number of hydrogen-bond donors (Lipinski definition) is 0. The van der Waals surface area contributed by atoms with Crippen molar-refractivity contribution in [1.82, 2.24) is 9.97 Å². The van der Waals surface area contributed by atoms with Gasteiger partial charge in [-0.2, -0.15) is 0 Å². The summed E-state index contributed by atoms with van der Waals surface area (Å²) in [6.07, 6.45) is 3.20. The van der Waals surface area contributed by atoms with Crippen LogP contribution in [0.25, 0.3) is 11.0 Å². The smallest absolute Gasteiger partial charge is 0.338 e. The van der Waals surface area contributed by atoms with Crippen LogP contribution in [-0.2, 0) is 4.74 Å². The Bertz CT molecular complexity index is 839. The van der Waals surface area contributed by atoms with Gasteiger partial charge >= 0.3 is 5.97 Å². The molecule has 0 fully saturated rings. The maximum Gasteiger partial charge on any atom is 0.338 e. The average Bonchev–Trinajstić information content (AvgIpc) is 2.58. The Kier molecular flexibility index (Phi) is 4.83. The van der Waals surface area contributed by atoms with E-state index in [1.54, 1.807) is 30.6 Å². The molecule has 0 atom stereocenters. The van der Waals surface area contributed by atoms with Crippen LogP contribution >= 0.6 is 15.9 Å². The standard InChI is InChI=1S/C17H13BrN2O3/c18-13-2-1-3-14(11-13)22-8-9-23-17(21)12-4-5-15-16(10-12)20-7-6-19-15/h1-7,10-11H,8-9H2. The lowest BCUT2D eigenvalue weighted by Crippen LogP contribution is -2.12. The number of nitrogens with zero attached hydrogens (tertiary/aromatic N) is 2. The number of aromatic nitrogens is 2. The van der Waals surface area contributed by atoms with Crippen molar-refractivity contribution in [1.29, 1.82) is 0 Å². The molecule has 3 aromatic rings. The van der Waals surface area contributed by atoms with Crippen LogP contribution in [0.5, 0.6) is 5.75 Å².